The number of piperazine rings is 1. The highest BCUT2D eigenvalue weighted by Crippen LogP contribution is 2.16. The summed E-state index contributed by atoms with van der Waals surface area (Å²) < 4.78 is 1.83. The zero-order valence-corrected chi connectivity index (χ0v) is 15.1. The molecule has 7 heteroatoms. The highest BCUT2D eigenvalue weighted by atomic mass is 16.2. The lowest BCUT2D eigenvalue weighted by Gasteiger charge is -2.35. The van der Waals surface area contributed by atoms with Crippen LogP contribution in [0.4, 0.5) is 4.79 Å². The molecule has 1 atom stereocenters. The van der Waals surface area contributed by atoms with Crippen molar-refractivity contribution in [2.24, 2.45) is 7.05 Å². The van der Waals surface area contributed by atoms with Crippen LogP contribution in [0.2, 0.25) is 0 Å². The SMILES string of the molecule is Cc1c(C(C)NC(=O)N2CCN(Cc3cccnc3)CC2)cnn1C. The van der Waals surface area contributed by atoms with Crippen LogP contribution in [0.15, 0.2) is 30.7 Å². The summed E-state index contributed by atoms with van der Waals surface area (Å²) in [5, 5.41) is 7.34. The molecule has 3 heterocycles. The van der Waals surface area contributed by atoms with Gasteiger partial charge < -0.3 is 10.2 Å². The molecular weight excluding hydrogens is 316 g/mol. The minimum Gasteiger partial charge on any atom is -0.331 e. The molecule has 7 nitrogen and oxygen atoms in total. The molecule has 0 aliphatic carbocycles. The van der Waals surface area contributed by atoms with Crippen LogP contribution in [0.3, 0.4) is 0 Å². The van der Waals surface area contributed by atoms with Gasteiger partial charge in [0.1, 0.15) is 0 Å². The molecular formula is C18H26N6O. The summed E-state index contributed by atoms with van der Waals surface area (Å²) in [6.07, 6.45) is 5.51. The van der Waals surface area contributed by atoms with E-state index in [2.05, 4.69) is 26.4 Å². The fourth-order valence-corrected chi connectivity index (χ4v) is 3.15. The maximum absolute atomic E-state index is 12.5. The van der Waals surface area contributed by atoms with Crippen LogP contribution in [0, 0.1) is 6.92 Å². The lowest BCUT2D eigenvalue weighted by Crippen LogP contribution is -2.51. The molecule has 2 amide bonds. The number of aryl methyl sites for hydroxylation is 1. The van der Waals surface area contributed by atoms with E-state index in [1.54, 1.807) is 6.20 Å². The van der Waals surface area contributed by atoms with E-state index < -0.39 is 0 Å². The van der Waals surface area contributed by atoms with E-state index in [0.717, 1.165) is 44.0 Å². The molecule has 0 radical (unpaired) electrons. The van der Waals surface area contributed by atoms with E-state index in [-0.39, 0.29) is 12.1 Å². The van der Waals surface area contributed by atoms with Gasteiger partial charge in [-0.25, -0.2) is 4.79 Å². The highest BCUT2D eigenvalue weighted by molar-refractivity contribution is 5.74. The van der Waals surface area contributed by atoms with Crippen molar-refractivity contribution in [3.63, 3.8) is 0 Å². The third-order valence-corrected chi connectivity index (χ3v) is 4.87. The number of amides is 2. The number of pyridine rings is 1. The van der Waals surface area contributed by atoms with Crippen LogP contribution in [-0.4, -0.2) is 56.8 Å². The summed E-state index contributed by atoms with van der Waals surface area (Å²) in [5.41, 5.74) is 3.35. The first-order chi connectivity index (χ1) is 12.0. The number of rotatable bonds is 4. The van der Waals surface area contributed by atoms with Gasteiger partial charge in [-0.15, -0.1) is 0 Å². The second kappa shape index (κ2) is 7.65. The summed E-state index contributed by atoms with van der Waals surface area (Å²) in [6.45, 7) is 8.14. The summed E-state index contributed by atoms with van der Waals surface area (Å²) in [4.78, 5) is 20.9. The third-order valence-electron chi connectivity index (χ3n) is 4.87. The van der Waals surface area contributed by atoms with Crippen LogP contribution < -0.4 is 5.32 Å². The lowest BCUT2D eigenvalue weighted by atomic mass is 10.1. The van der Waals surface area contributed by atoms with Crippen LogP contribution in [0.1, 0.15) is 29.8 Å². The van der Waals surface area contributed by atoms with E-state index in [1.807, 2.05) is 48.9 Å². The van der Waals surface area contributed by atoms with Crippen LogP contribution in [-0.2, 0) is 13.6 Å². The van der Waals surface area contributed by atoms with Gasteiger partial charge in [0.05, 0.1) is 12.2 Å². The van der Waals surface area contributed by atoms with Gasteiger partial charge in [0.25, 0.3) is 0 Å². The Morgan fingerprint density at radius 2 is 2.04 bits per heavy atom. The molecule has 0 saturated carbocycles. The van der Waals surface area contributed by atoms with Crippen molar-refractivity contribution in [3.05, 3.63) is 47.5 Å². The van der Waals surface area contributed by atoms with Crippen molar-refractivity contribution in [1.82, 2.24) is 29.9 Å². The molecule has 25 heavy (non-hydrogen) atoms. The number of nitrogens with zero attached hydrogens (tertiary/aromatic N) is 5. The summed E-state index contributed by atoms with van der Waals surface area (Å²) in [7, 11) is 1.91. The van der Waals surface area contributed by atoms with Gasteiger partial charge in [-0.1, -0.05) is 6.07 Å². The molecule has 1 unspecified atom stereocenters. The lowest BCUT2D eigenvalue weighted by molar-refractivity contribution is 0.133. The van der Waals surface area contributed by atoms with E-state index >= 15 is 0 Å². The first kappa shape index (κ1) is 17.4. The van der Waals surface area contributed by atoms with E-state index in [9.17, 15) is 4.79 Å². The molecule has 0 spiro atoms. The summed E-state index contributed by atoms with van der Waals surface area (Å²) in [6, 6.07) is 4.00. The van der Waals surface area contributed by atoms with Gasteiger partial charge in [-0.05, 0) is 25.5 Å². The predicted octanol–water partition coefficient (Wildman–Crippen LogP) is 1.71. The summed E-state index contributed by atoms with van der Waals surface area (Å²) in [5.74, 6) is 0. The molecule has 134 valence electrons. The van der Waals surface area contributed by atoms with Gasteiger partial charge in [0.2, 0.25) is 0 Å². The van der Waals surface area contributed by atoms with Gasteiger partial charge in [-0.3, -0.25) is 14.6 Å². The normalized spacial score (nSPS) is 16.7. The van der Waals surface area contributed by atoms with Gasteiger partial charge in [-0.2, -0.15) is 5.10 Å². The Bertz CT molecular complexity index is 706. The van der Waals surface area contributed by atoms with Crippen molar-refractivity contribution in [3.8, 4) is 0 Å². The van der Waals surface area contributed by atoms with Crippen molar-refractivity contribution in [1.29, 1.82) is 0 Å². The molecule has 0 bridgehead atoms. The van der Waals surface area contributed by atoms with Crippen molar-refractivity contribution >= 4 is 6.03 Å². The Balaban J connectivity index is 1.49. The first-order valence-electron chi connectivity index (χ1n) is 8.70. The van der Waals surface area contributed by atoms with Crippen LogP contribution >= 0.6 is 0 Å². The fraction of sp³-hybridized carbons (Fsp3) is 0.500. The van der Waals surface area contributed by atoms with Crippen LogP contribution in [0.25, 0.3) is 0 Å². The van der Waals surface area contributed by atoms with E-state index in [0.29, 0.717) is 0 Å². The zero-order chi connectivity index (χ0) is 17.8. The second-order valence-corrected chi connectivity index (χ2v) is 6.60. The molecule has 0 aromatic carbocycles. The first-order valence-corrected chi connectivity index (χ1v) is 8.70. The Morgan fingerprint density at radius 1 is 1.28 bits per heavy atom. The standard InChI is InChI=1S/C18H26N6O/c1-14(17-12-20-22(3)15(17)2)21-18(25)24-9-7-23(8-10-24)13-16-5-4-6-19-11-16/h4-6,11-12,14H,7-10,13H2,1-3H3,(H,21,25). The maximum Gasteiger partial charge on any atom is 0.317 e. The van der Waals surface area contributed by atoms with Crippen molar-refractivity contribution in [2.75, 3.05) is 26.2 Å². The number of nitrogens with one attached hydrogen (secondary N) is 1. The van der Waals surface area contributed by atoms with Gasteiger partial charge >= 0.3 is 6.03 Å². The monoisotopic (exact) mass is 342 g/mol. The van der Waals surface area contributed by atoms with Crippen molar-refractivity contribution < 1.29 is 4.79 Å². The Morgan fingerprint density at radius 3 is 2.64 bits per heavy atom. The topological polar surface area (TPSA) is 66.3 Å². The third kappa shape index (κ3) is 4.17. The quantitative estimate of drug-likeness (QED) is 0.919. The Kier molecular flexibility index (Phi) is 5.33. The van der Waals surface area contributed by atoms with Crippen LogP contribution in [0.5, 0.6) is 0 Å². The van der Waals surface area contributed by atoms with E-state index in [4.69, 9.17) is 0 Å². The largest absolute Gasteiger partial charge is 0.331 e. The smallest absolute Gasteiger partial charge is 0.317 e. The average Bonchev–Trinajstić information content (AvgIpc) is 2.95. The molecule has 1 saturated heterocycles. The summed E-state index contributed by atoms with van der Waals surface area (Å²) >= 11 is 0. The number of carbonyl (C=O) groups is 1. The predicted molar refractivity (Wildman–Crippen MR) is 96.0 cm³/mol. The number of hydrogen-bond donors (Lipinski definition) is 1. The molecule has 1 aliphatic heterocycles. The van der Waals surface area contributed by atoms with E-state index in [1.165, 1.54) is 5.56 Å². The maximum atomic E-state index is 12.5. The molecule has 1 N–H and O–H groups in total. The zero-order valence-electron chi connectivity index (χ0n) is 15.1. The molecule has 2 aromatic rings. The second-order valence-electron chi connectivity index (χ2n) is 6.60. The average molecular weight is 342 g/mol. The number of aromatic nitrogens is 3. The minimum atomic E-state index is -0.0466. The number of hydrogen-bond acceptors (Lipinski definition) is 4. The Labute approximate surface area is 148 Å². The minimum absolute atomic E-state index is 0.00298. The molecule has 3 rings (SSSR count). The van der Waals surface area contributed by atoms with Gasteiger partial charge in [0, 0.05) is 63.4 Å². The molecule has 1 aliphatic rings. The number of carbonyl (C=O) groups excluding carboxylic acids is 1. The van der Waals surface area contributed by atoms with Crippen molar-refractivity contribution in [2.45, 2.75) is 26.4 Å². The highest BCUT2D eigenvalue weighted by Gasteiger charge is 2.23. The van der Waals surface area contributed by atoms with Gasteiger partial charge in [0.15, 0.2) is 0 Å². The number of urea groups is 1. The molecule has 1 fully saturated rings. The molecule has 2 aromatic heterocycles. The fourth-order valence-electron chi connectivity index (χ4n) is 3.15. The Hall–Kier alpha value is -2.41.